The van der Waals surface area contributed by atoms with Crippen LogP contribution >= 0.6 is 0 Å². The number of anilines is 1. The summed E-state index contributed by atoms with van der Waals surface area (Å²) < 4.78 is 3.82. The minimum atomic E-state index is -0.221. The maximum absolute atomic E-state index is 12.5. The van der Waals surface area contributed by atoms with Crippen LogP contribution in [-0.4, -0.2) is 24.8 Å². The highest BCUT2D eigenvalue weighted by Crippen LogP contribution is 2.14. The molecule has 0 radical (unpaired) electrons. The lowest BCUT2D eigenvalue weighted by molar-refractivity contribution is 0.102. The van der Waals surface area contributed by atoms with E-state index in [9.17, 15) is 4.79 Å². The van der Waals surface area contributed by atoms with Gasteiger partial charge in [0.15, 0.2) is 0 Å². The molecule has 0 saturated carbocycles. The molecular formula is C19H17N5O. The van der Waals surface area contributed by atoms with Gasteiger partial charge in [-0.2, -0.15) is 0 Å². The number of amides is 1. The van der Waals surface area contributed by atoms with E-state index in [1.54, 1.807) is 18.7 Å². The van der Waals surface area contributed by atoms with E-state index in [4.69, 9.17) is 0 Å². The Morgan fingerprint density at radius 1 is 1.20 bits per heavy atom. The minimum Gasteiger partial charge on any atom is -0.333 e. The number of nitrogens with one attached hydrogen (secondary N) is 1. The van der Waals surface area contributed by atoms with Gasteiger partial charge in [0.1, 0.15) is 11.3 Å². The molecule has 4 rings (SSSR count). The topological polar surface area (TPSA) is 64.2 Å². The van der Waals surface area contributed by atoms with Crippen LogP contribution in [0.4, 0.5) is 5.69 Å². The normalized spacial score (nSPS) is 10.9. The van der Waals surface area contributed by atoms with Crippen molar-refractivity contribution in [3.8, 4) is 0 Å². The van der Waals surface area contributed by atoms with E-state index in [0.29, 0.717) is 12.2 Å². The van der Waals surface area contributed by atoms with Gasteiger partial charge in [-0.1, -0.05) is 12.1 Å². The third-order valence-electron chi connectivity index (χ3n) is 3.96. The molecule has 25 heavy (non-hydrogen) atoms. The largest absolute Gasteiger partial charge is 0.333 e. The number of rotatable bonds is 4. The number of carbonyl (C=O) groups is 1. The van der Waals surface area contributed by atoms with Gasteiger partial charge in [-0.15, -0.1) is 0 Å². The van der Waals surface area contributed by atoms with Gasteiger partial charge in [0.05, 0.1) is 6.33 Å². The summed E-state index contributed by atoms with van der Waals surface area (Å²) in [6, 6.07) is 11.7. The van der Waals surface area contributed by atoms with Crippen LogP contribution in [-0.2, 0) is 6.54 Å². The van der Waals surface area contributed by atoms with Crippen LogP contribution in [0.15, 0.2) is 67.5 Å². The van der Waals surface area contributed by atoms with E-state index in [0.717, 1.165) is 22.5 Å². The Kier molecular flexibility index (Phi) is 3.78. The summed E-state index contributed by atoms with van der Waals surface area (Å²) in [5.41, 5.74) is 4.10. The molecule has 6 nitrogen and oxygen atoms in total. The van der Waals surface area contributed by atoms with Gasteiger partial charge in [0.25, 0.3) is 5.91 Å². The number of nitrogens with zero attached hydrogens (tertiary/aromatic N) is 4. The summed E-state index contributed by atoms with van der Waals surface area (Å²) in [6.45, 7) is 2.71. The molecule has 1 amide bonds. The Balaban J connectivity index is 1.53. The molecule has 0 unspecified atom stereocenters. The van der Waals surface area contributed by atoms with Crippen molar-refractivity contribution in [2.45, 2.75) is 13.5 Å². The number of hydrogen-bond donors (Lipinski definition) is 1. The fraction of sp³-hybridized carbons (Fsp3) is 0.105. The van der Waals surface area contributed by atoms with Gasteiger partial charge in [-0.3, -0.25) is 4.79 Å². The van der Waals surface area contributed by atoms with Gasteiger partial charge in [0, 0.05) is 37.0 Å². The SMILES string of the molecule is Cc1ccn2cc(C(=O)Nc3cccc(Cn4ccnc4)c3)nc2c1. The van der Waals surface area contributed by atoms with Crippen LogP contribution in [0.2, 0.25) is 0 Å². The molecule has 0 aliphatic rings. The van der Waals surface area contributed by atoms with Crippen LogP contribution in [0.1, 0.15) is 21.6 Å². The van der Waals surface area contributed by atoms with Gasteiger partial charge in [-0.25, -0.2) is 9.97 Å². The summed E-state index contributed by atoms with van der Waals surface area (Å²) in [5, 5.41) is 2.91. The van der Waals surface area contributed by atoms with E-state index in [1.165, 1.54) is 0 Å². The quantitative estimate of drug-likeness (QED) is 0.625. The minimum absolute atomic E-state index is 0.221. The summed E-state index contributed by atoms with van der Waals surface area (Å²) in [7, 11) is 0. The van der Waals surface area contributed by atoms with Crippen molar-refractivity contribution in [2.75, 3.05) is 5.32 Å². The number of pyridine rings is 1. The second-order valence-electron chi connectivity index (χ2n) is 5.99. The zero-order valence-electron chi connectivity index (χ0n) is 13.8. The highest BCUT2D eigenvalue weighted by atomic mass is 16.1. The number of carbonyl (C=O) groups excluding carboxylic acids is 1. The van der Waals surface area contributed by atoms with Crippen molar-refractivity contribution < 1.29 is 4.79 Å². The lowest BCUT2D eigenvalue weighted by atomic mass is 10.2. The van der Waals surface area contributed by atoms with E-state index in [-0.39, 0.29) is 5.91 Å². The third-order valence-corrected chi connectivity index (χ3v) is 3.96. The summed E-state index contributed by atoms with van der Waals surface area (Å²) in [5.74, 6) is -0.221. The third kappa shape index (κ3) is 3.28. The first-order valence-corrected chi connectivity index (χ1v) is 7.99. The van der Waals surface area contributed by atoms with Crippen molar-refractivity contribution >= 4 is 17.2 Å². The molecule has 3 aromatic heterocycles. The maximum Gasteiger partial charge on any atom is 0.275 e. The number of benzene rings is 1. The second kappa shape index (κ2) is 6.24. The first-order chi connectivity index (χ1) is 12.2. The van der Waals surface area contributed by atoms with E-state index >= 15 is 0 Å². The molecule has 6 heteroatoms. The molecule has 3 heterocycles. The van der Waals surface area contributed by atoms with Gasteiger partial charge in [0.2, 0.25) is 0 Å². The Morgan fingerprint density at radius 2 is 2.12 bits per heavy atom. The molecule has 0 atom stereocenters. The summed E-state index contributed by atoms with van der Waals surface area (Å²) in [6.07, 6.45) is 9.06. The van der Waals surface area contributed by atoms with Crippen molar-refractivity contribution in [3.05, 3.63) is 84.3 Å². The standard InChI is InChI=1S/C19H17N5O/c1-14-5-7-24-12-17(22-18(24)9-14)19(25)21-16-4-2-3-15(10-16)11-23-8-6-20-13-23/h2-10,12-13H,11H2,1H3,(H,21,25). The molecule has 0 saturated heterocycles. The van der Waals surface area contributed by atoms with Crippen molar-refractivity contribution in [3.63, 3.8) is 0 Å². The number of aryl methyl sites for hydroxylation is 1. The molecule has 1 N–H and O–H groups in total. The molecule has 0 bridgehead atoms. The molecule has 1 aromatic carbocycles. The molecular weight excluding hydrogens is 314 g/mol. The number of imidazole rings is 2. The Labute approximate surface area is 144 Å². The first kappa shape index (κ1) is 15.1. The fourth-order valence-electron chi connectivity index (χ4n) is 2.73. The zero-order chi connectivity index (χ0) is 17.2. The molecule has 124 valence electrons. The van der Waals surface area contributed by atoms with E-state index in [1.807, 2.05) is 64.7 Å². The predicted molar refractivity (Wildman–Crippen MR) is 95.7 cm³/mol. The number of aromatic nitrogens is 4. The lowest BCUT2D eigenvalue weighted by Crippen LogP contribution is -2.12. The molecule has 0 aliphatic heterocycles. The zero-order valence-corrected chi connectivity index (χ0v) is 13.8. The maximum atomic E-state index is 12.5. The molecule has 0 spiro atoms. The van der Waals surface area contributed by atoms with E-state index in [2.05, 4.69) is 15.3 Å². The highest BCUT2D eigenvalue weighted by molar-refractivity contribution is 6.03. The van der Waals surface area contributed by atoms with Crippen LogP contribution in [0.25, 0.3) is 5.65 Å². The molecule has 0 aliphatic carbocycles. The number of hydrogen-bond acceptors (Lipinski definition) is 3. The van der Waals surface area contributed by atoms with Gasteiger partial charge >= 0.3 is 0 Å². The van der Waals surface area contributed by atoms with E-state index < -0.39 is 0 Å². The average molecular weight is 331 g/mol. The van der Waals surface area contributed by atoms with Gasteiger partial charge in [-0.05, 0) is 42.3 Å². The summed E-state index contributed by atoms with van der Waals surface area (Å²) in [4.78, 5) is 20.9. The van der Waals surface area contributed by atoms with Crippen LogP contribution < -0.4 is 5.32 Å². The van der Waals surface area contributed by atoms with Gasteiger partial charge < -0.3 is 14.3 Å². The summed E-state index contributed by atoms with van der Waals surface area (Å²) >= 11 is 0. The monoisotopic (exact) mass is 331 g/mol. The predicted octanol–water partition coefficient (Wildman–Crippen LogP) is 3.14. The average Bonchev–Trinajstić information content (AvgIpc) is 3.24. The smallest absolute Gasteiger partial charge is 0.275 e. The Hall–Kier alpha value is -3.41. The highest BCUT2D eigenvalue weighted by Gasteiger charge is 2.11. The fourth-order valence-corrected chi connectivity index (χ4v) is 2.73. The second-order valence-corrected chi connectivity index (χ2v) is 5.99. The Morgan fingerprint density at radius 3 is 2.96 bits per heavy atom. The van der Waals surface area contributed by atoms with Crippen molar-refractivity contribution in [1.82, 2.24) is 18.9 Å². The molecule has 4 aromatic rings. The van der Waals surface area contributed by atoms with Crippen molar-refractivity contribution in [2.24, 2.45) is 0 Å². The van der Waals surface area contributed by atoms with Crippen LogP contribution in [0.5, 0.6) is 0 Å². The first-order valence-electron chi connectivity index (χ1n) is 7.99. The molecule has 0 fully saturated rings. The van der Waals surface area contributed by atoms with Crippen LogP contribution in [0.3, 0.4) is 0 Å². The van der Waals surface area contributed by atoms with Crippen LogP contribution in [0, 0.1) is 6.92 Å². The lowest BCUT2D eigenvalue weighted by Gasteiger charge is -2.07. The van der Waals surface area contributed by atoms with Crippen molar-refractivity contribution in [1.29, 1.82) is 0 Å². The number of fused-ring (bicyclic) bond motifs is 1. The Bertz CT molecular complexity index is 1030.